The van der Waals surface area contributed by atoms with Crippen LogP contribution >= 0.6 is 46.3 Å². The second-order valence-electron chi connectivity index (χ2n) is 28.2. The van der Waals surface area contributed by atoms with Crippen molar-refractivity contribution in [3.05, 3.63) is 356 Å². The number of hydrogen-bond acceptors (Lipinski definition) is 31. The fourth-order valence-electron chi connectivity index (χ4n) is 11.8. The summed E-state index contributed by atoms with van der Waals surface area (Å²) in [5, 5.41) is 41.4. The zero-order valence-corrected chi connectivity index (χ0v) is 78.1. The molecule has 7 heterocycles. The van der Waals surface area contributed by atoms with Gasteiger partial charge in [0.25, 0.3) is 40.1 Å². The molecule has 0 bridgehead atoms. The van der Waals surface area contributed by atoms with Gasteiger partial charge >= 0.3 is 12.2 Å². The van der Waals surface area contributed by atoms with Gasteiger partial charge in [0.15, 0.2) is 65.7 Å². The number of ether oxygens (including phenoxy) is 3. The Morgan fingerprint density at radius 2 is 1.06 bits per heavy atom. The number of para-hydroxylation sites is 2. The lowest BCUT2D eigenvalue weighted by Gasteiger charge is -2.25. The minimum Gasteiger partial charge on any atom is -0.485 e. The molecule has 1 unspecified atom stereocenters. The monoisotopic (exact) mass is 2100 g/mol. The van der Waals surface area contributed by atoms with Crippen LogP contribution in [0.25, 0.3) is 49.9 Å². The number of benzene rings is 12. The number of rotatable bonds is 21. The maximum atomic E-state index is 13.6. The van der Waals surface area contributed by atoms with E-state index in [-0.39, 0.29) is 81.2 Å². The SMILES string of the molecule is Cc1ccc(S(=O)(=O)/C=C/c2ccc([N+](=O)[O-])o2)cc1.Cc1csc(Nc2cccc3ccccc23)n1.O=C(Sc1ccccc1)C1COc2ccccc2O1.O=S(=O)(Nc1ccc(Cl)cc1)c1cccc2nonc12.O=S(=O)(Nc1ccc(F)c(F)c1F)c1cccc2nonc12.O=S(=O)(Nc1ccc(F)cc1F)c1ccc(Cl)o1.O=S(=O)(Nc1ccc(OC(F)(F)F)cc1)c1cccc2nonc12. The van der Waals surface area contributed by atoms with Crippen molar-refractivity contribution in [3.63, 3.8) is 0 Å². The van der Waals surface area contributed by atoms with Crippen LogP contribution in [0.2, 0.25) is 10.2 Å². The summed E-state index contributed by atoms with van der Waals surface area (Å²) in [6, 6.07) is 70.1. The first-order chi connectivity index (χ1) is 66.6. The highest BCUT2D eigenvalue weighted by molar-refractivity contribution is 8.13. The van der Waals surface area contributed by atoms with Gasteiger partial charge in [0, 0.05) is 49.2 Å². The summed E-state index contributed by atoms with van der Waals surface area (Å²) in [5.74, 6) is -6.17. The van der Waals surface area contributed by atoms with E-state index in [1.165, 1.54) is 95.3 Å². The third-order valence-corrected chi connectivity index (χ3v) is 27.4. The number of furan rings is 2. The minimum absolute atomic E-state index is 0.00574. The Balaban J connectivity index is 0.000000138. The number of anilines is 6. The molecule has 5 N–H and O–H groups in total. The van der Waals surface area contributed by atoms with Gasteiger partial charge in [-0.15, -0.1) is 24.5 Å². The number of fused-ring (bicyclic) bond motifs is 5. The number of thiazole rings is 1. The molecule has 51 heteroatoms. The van der Waals surface area contributed by atoms with Crippen LogP contribution in [0, 0.1) is 53.0 Å². The molecule has 0 spiro atoms. The van der Waals surface area contributed by atoms with E-state index >= 15 is 0 Å². The molecule has 19 rings (SSSR count). The number of nitrogens with one attached hydrogen (secondary N) is 5. The summed E-state index contributed by atoms with van der Waals surface area (Å²) in [7, 11) is -19.8. The third kappa shape index (κ3) is 27.3. The van der Waals surface area contributed by atoms with E-state index in [4.69, 9.17) is 41.5 Å². The van der Waals surface area contributed by atoms with Gasteiger partial charge in [-0.05, 0) is 249 Å². The fraction of sp³-hybridized carbons (Fsp3) is 0.0562. The molecule has 0 aliphatic carbocycles. The van der Waals surface area contributed by atoms with Gasteiger partial charge in [0.1, 0.15) is 65.9 Å². The molecule has 140 heavy (non-hydrogen) atoms. The number of nitro groups is 1. The first-order valence-corrected chi connectivity index (χ1v) is 49.3. The molecule has 0 amide bonds. The molecule has 12 aromatic carbocycles. The number of sulfonamides is 4. The molecule has 6 aromatic heterocycles. The largest absolute Gasteiger partial charge is 0.573 e. The maximum Gasteiger partial charge on any atom is 0.573 e. The minimum atomic E-state index is -4.82. The van der Waals surface area contributed by atoms with E-state index in [9.17, 15) is 92.1 Å². The number of thioether (sulfide) groups is 1. The summed E-state index contributed by atoms with van der Waals surface area (Å²) in [6.07, 6.45) is -4.20. The maximum absolute atomic E-state index is 13.6. The zero-order valence-electron chi connectivity index (χ0n) is 70.9. The number of alkyl halides is 3. The number of carbonyl (C=O) groups excluding carboxylic acids is 1. The van der Waals surface area contributed by atoms with E-state index in [2.05, 4.69) is 112 Å². The van der Waals surface area contributed by atoms with Crippen LogP contribution in [0.4, 0.5) is 74.6 Å². The van der Waals surface area contributed by atoms with Crippen molar-refractivity contribution in [1.82, 2.24) is 35.9 Å². The van der Waals surface area contributed by atoms with Gasteiger partial charge in [-0.2, -0.15) is 8.42 Å². The number of carbonyl (C=O) groups is 1. The van der Waals surface area contributed by atoms with Gasteiger partial charge < -0.3 is 28.4 Å². The lowest BCUT2D eigenvalue weighted by atomic mass is 10.1. The fourth-order valence-corrected chi connectivity index (χ4v) is 19.2. The highest BCUT2D eigenvalue weighted by Crippen LogP contribution is 2.36. The van der Waals surface area contributed by atoms with Crippen LogP contribution in [0.5, 0.6) is 17.2 Å². The number of aryl methyl sites for hydroxylation is 2. The number of nitrogens with zero attached hydrogens (tertiary/aromatic N) is 8. The Kier molecular flexibility index (Phi) is 32.7. The van der Waals surface area contributed by atoms with Gasteiger partial charge in [0.2, 0.25) is 16.3 Å². The summed E-state index contributed by atoms with van der Waals surface area (Å²) in [4.78, 5) is 26.9. The Bertz CT molecular complexity index is 8140. The van der Waals surface area contributed by atoms with Crippen molar-refractivity contribution < 1.29 is 124 Å². The smallest absolute Gasteiger partial charge is 0.485 e. The first-order valence-electron chi connectivity index (χ1n) is 39.4. The highest BCUT2D eigenvalue weighted by Gasteiger charge is 2.33. The van der Waals surface area contributed by atoms with Gasteiger partial charge in [-0.1, -0.05) is 114 Å². The molecule has 34 nitrogen and oxygen atoms in total. The zero-order chi connectivity index (χ0) is 100. The van der Waals surface area contributed by atoms with Crippen LogP contribution in [0.1, 0.15) is 17.0 Å². The molecule has 1 aliphatic rings. The quantitative estimate of drug-likeness (QED) is 0.0147. The van der Waals surface area contributed by atoms with E-state index in [0.717, 1.165) is 87.0 Å². The van der Waals surface area contributed by atoms with Crippen molar-refractivity contribution in [3.8, 4) is 17.2 Å². The normalized spacial score (nSPS) is 12.4. The number of halogens is 10. The molecule has 722 valence electrons. The van der Waals surface area contributed by atoms with Crippen molar-refractivity contribution >= 4 is 191 Å². The van der Waals surface area contributed by atoms with Crippen LogP contribution < -0.4 is 38.4 Å². The second kappa shape index (κ2) is 44.8. The lowest BCUT2D eigenvalue weighted by Crippen LogP contribution is -2.34. The van der Waals surface area contributed by atoms with E-state index in [1.54, 1.807) is 59.9 Å². The van der Waals surface area contributed by atoms with Crippen LogP contribution in [0.15, 0.2) is 342 Å². The van der Waals surface area contributed by atoms with Crippen LogP contribution in [-0.2, 0) is 54.7 Å². The number of sulfone groups is 1. The van der Waals surface area contributed by atoms with E-state index < -0.39 is 119 Å². The summed E-state index contributed by atoms with van der Waals surface area (Å²) in [5.41, 5.74) is 3.43. The Hall–Kier alpha value is -15.4. The number of aromatic nitrogens is 7. The van der Waals surface area contributed by atoms with Crippen LogP contribution in [0.3, 0.4) is 0 Å². The van der Waals surface area contributed by atoms with Gasteiger partial charge in [0.05, 0.1) is 28.0 Å². The van der Waals surface area contributed by atoms with Crippen LogP contribution in [-0.4, -0.2) is 107 Å². The average Bonchev–Trinajstić information content (AvgIpc) is 1.51. The third-order valence-electron chi connectivity index (χ3n) is 18.3. The molecule has 18 aromatic rings. The predicted octanol–water partition coefficient (Wildman–Crippen LogP) is 21.5. The van der Waals surface area contributed by atoms with Gasteiger partial charge in [-0.25, -0.2) is 74.5 Å². The molecular weight excluding hydrogens is 2030 g/mol. The predicted molar refractivity (Wildman–Crippen MR) is 500 cm³/mol. The summed E-state index contributed by atoms with van der Waals surface area (Å²) >= 11 is 14.0. The molecule has 0 fully saturated rings. The molecule has 0 radical (unpaired) electrons. The average molecular weight is 2100 g/mol. The Labute approximate surface area is 805 Å². The van der Waals surface area contributed by atoms with Gasteiger partial charge in [-0.3, -0.25) is 33.8 Å². The summed E-state index contributed by atoms with van der Waals surface area (Å²) in [6.45, 7) is 4.12. The van der Waals surface area contributed by atoms with Crippen molar-refractivity contribution in [2.24, 2.45) is 0 Å². The second-order valence-corrected chi connectivity index (χ2v) is 39.4. The molecule has 1 atom stereocenters. The molecule has 0 saturated heterocycles. The van der Waals surface area contributed by atoms with E-state index in [0.29, 0.717) is 39.9 Å². The van der Waals surface area contributed by atoms with E-state index in [1.807, 2.05) is 83.3 Å². The highest BCUT2D eigenvalue weighted by atomic mass is 35.5. The van der Waals surface area contributed by atoms with Crippen molar-refractivity contribution in [2.75, 3.05) is 30.8 Å². The Morgan fingerprint density at radius 3 is 1.61 bits per heavy atom. The summed E-state index contributed by atoms with van der Waals surface area (Å²) < 4.78 is 270. The first kappa shape index (κ1) is 102. The van der Waals surface area contributed by atoms with Crippen molar-refractivity contribution in [2.45, 2.75) is 55.9 Å². The molecule has 0 saturated carbocycles. The molecular formula is C89H63Cl2F8N13O21S7. The Morgan fingerprint density at radius 1 is 0.529 bits per heavy atom. The standard InChI is InChI=1S/C15H12O3S.C14H12N2S.C13H8F3N3O4S.C13H11NO5S.C12H8ClN3O3S.C12H6F3N3O3S.C10H6ClF2NO3S/c16-15(19-11-6-2-1-3-7-11)14-10-17-12-8-4-5-9-13(12)18-14;1-10-9-17-14(15-10)16-13-8-4-6-11-5-2-3-7-12(11)13;14-13(15,16)22-9-6-4-8(5-7-9)19-24(20,21)11-3-1-2-10-12(11)18-23-17-10;1-10-2-5-12(6-3-10)20(17,18)9-8-11-4-7-13(19-11)14(15)16;13-8-4-6-9(7-5-8)16-20(17,18)11-3-1-2-10-12(11)15-19-14-10;13-6-4-5-7(11(15)10(6)14)18-22(19,20)9-3-1-2-8-12(9)17-21-16-8;11-9-3-4-10(17-9)18(15,16)14-8-2-1-6(12)5-7(8)13/h1-9,14H,10H2;2-9H,1H3,(H,15,16);1-7,19H;2-9H,1H3;1-7,16H;1-5,18H;1-5,14H/b;;;9-8+;;;. The lowest BCUT2D eigenvalue weighted by molar-refractivity contribution is -0.402. The number of hydrogen-bond donors (Lipinski definition) is 5. The topological polar surface area (TPSA) is 475 Å². The molecule has 1 aliphatic heterocycles. The van der Waals surface area contributed by atoms with Crippen molar-refractivity contribution in [1.29, 1.82) is 0 Å².